The van der Waals surface area contributed by atoms with Crippen LogP contribution in [-0.4, -0.2) is 51.2 Å². The Kier molecular flexibility index (Phi) is 11.5. The van der Waals surface area contributed by atoms with Crippen LogP contribution in [0.3, 0.4) is 0 Å². The Morgan fingerprint density at radius 2 is 1.81 bits per heavy atom. The highest BCUT2D eigenvalue weighted by atomic mass is 127. The zero-order valence-electron chi connectivity index (χ0n) is 17.3. The van der Waals surface area contributed by atoms with Crippen molar-refractivity contribution < 1.29 is 27.8 Å². The number of hydrogen-bond donors (Lipinski definition) is 3. The second kappa shape index (κ2) is 13.3. The molecule has 0 heterocycles. The van der Waals surface area contributed by atoms with Crippen LogP contribution in [0.5, 0.6) is 11.5 Å². The molecule has 1 atom stereocenters. The number of hydrogen-bond acceptors (Lipinski definition) is 4. The number of guanidine groups is 1. The number of halogens is 4. The molecular formula is C21H27F3IN3O3. The molecule has 0 saturated heterocycles. The van der Waals surface area contributed by atoms with Crippen LogP contribution in [0.15, 0.2) is 53.5 Å². The first kappa shape index (κ1) is 26.8. The van der Waals surface area contributed by atoms with E-state index in [0.29, 0.717) is 19.0 Å². The summed E-state index contributed by atoms with van der Waals surface area (Å²) in [6.07, 6.45) is -4.42. The van der Waals surface area contributed by atoms with E-state index in [-0.39, 0.29) is 48.0 Å². The van der Waals surface area contributed by atoms with E-state index in [1.807, 2.05) is 30.3 Å². The first-order valence-electron chi connectivity index (χ1n) is 9.33. The fourth-order valence-corrected chi connectivity index (χ4v) is 2.74. The number of nitrogens with one attached hydrogen (secondary N) is 2. The van der Waals surface area contributed by atoms with E-state index in [1.165, 1.54) is 13.2 Å². The van der Waals surface area contributed by atoms with Gasteiger partial charge in [0.05, 0.1) is 13.7 Å². The van der Waals surface area contributed by atoms with Gasteiger partial charge in [0.1, 0.15) is 0 Å². The first-order valence-corrected chi connectivity index (χ1v) is 9.33. The fourth-order valence-electron chi connectivity index (χ4n) is 2.74. The molecule has 0 fully saturated rings. The number of benzene rings is 2. The van der Waals surface area contributed by atoms with Crippen LogP contribution in [0.1, 0.15) is 17.0 Å². The Bertz CT molecular complexity index is 821. The number of nitrogens with zero attached hydrogens (tertiary/aromatic N) is 1. The monoisotopic (exact) mass is 553 g/mol. The Morgan fingerprint density at radius 3 is 2.39 bits per heavy atom. The summed E-state index contributed by atoms with van der Waals surface area (Å²) in [6, 6.07) is 14.3. The Balaban J connectivity index is 0.00000480. The number of methoxy groups -OCH3 is 1. The van der Waals surface area contributed by atoms with Gasteiger partial charge in [-0.05, 0) is 23.3 Å². The van der Waals surface area contributed by atoms with E-state index in [2.05, 4.69) is 15.6 Å². The topological polar surface area (TPSA) is 75.1 Å². The van der Waals surface area contributed by atoms with Crippen LogP contribution in [0, 0.1) is 0 Å². The van der Waals surface area contributed by atoms with Crippen molar-refractivity contribution in [1.29, 1.82) is 0 Å². The van der Waals surface area contributed by atoms with E-state index in [9.17, 15) is 18.3 Å². The molecule has 2 aromatic carbocycles. The van der Waals surface area contributed by atoms with Gasteiger partial charge in [-0.25, -0.2) is 0 Å². The Labute approximate surface area is 196 Å². The highest BCUT2D eigenvalue weighted by Crippen LogP contribution is 2.29. The van der Waals surface area contributed by atoms with Crippen LogP contribution in [0.2, 0.25) is 0 Å². The molecule has 0 aromatic heterocycles. The lowest BCUT2D eigenvalue weighted by Gasteiger charge is -2.18. The van der Waals surface area contributed by atoms with Crippen molar-refractivity contribution in [2.24, 2.45) is 4.99 Å². The van der Waals surface area contributed by atoms with Gasteiger partial charge in [-0.15, -0.1) is 24.0 Å². The van der Waals surface area contributed by atoms with Crippen LogP contribution in [-0.2, 0) is 6.54 Å². The SMILES string of the molecule is CN=C(NCc1ccc(OCC(F)(F)F)c(OC)c1)NCC(CO)c1ccccc1.I. The predicted octanol–water partition coefficient (Wildman–Crippen LogP) is 3.70. The van der Waals surface area contributed by atoms with E-state index in [4.69, 9.17) is 9.47 Å². The van der Waals surface area contributed by atoms with Crippen LogP contribution in [0.4, 0.5) is 13.2 Å². The summed E-state index contributed by atoms with van der Waals surface area (Å²) in [6.45, 7) is -0.548. The summed E-state index contributed by atoms with van der Waals surface area (Å²) in [5.41, 5.74) is 1.79. The second-order valence-electron chi connectivity index (χ2n) is 6.49. The van der Waals surface area contributed by atoms with Gasteiger partial charge in [0.2, 0.25) is 0 Å². The van der Waals surface area contributed by atoms with Crippen LogP contribution < -0.4 is 20.1 Å². The van der Waals surface area contributed by atoms with Gasteiger partial charge < -0.3 is 25.2 Å². The fraction of sp³-hybridized carbons (Fsp3) is 0.381. The molecule has 2 aromatic rings. The van der Waals surface area contributed by atoms with E-state index in [1.54, 1.807) is 19.2 Å². The Morgan fingerprint density at radius 1 is 1.10 bits per heavy atom. The number of aliphatic imine (C=N–C) groups is 1. The molecule has 10 heteroatoms. The lowest BCUT2D eigenvalue weighted by atomic mass is 10.0. The molecule has 0 aliphatic rings. The molecule has 1 unspecified atom stereocenters. The summed E-state index contributed by atoms with van der Waals surface area (Å²) in [5.74, 6) is 0.677. The third kappa shape index (κ3) is 9.21. The molecule has 0 radical (unpaired) electrons. The van der Waals surface area contributed by atoms with Crippen molar-refractivity contribution in [3.05, 3.63) is 59.7 Å². The Hall–Kier alpha value is -2.21. The molecular weight excluding hydrogens is 526 g/mol. The minimum Gasteiger partial charge on any atom is -0.493 e. The van der Waals surface area contributed by atoms with Crippen molar-refractivity contribution in [2.75, 3.05) is 33.9 Å². The molecule has 6 nitrogen and oxygen atoms in total. The smallest absolute Gasteiger partial charge is 0.422 e. The normalized spacial score (nSPS) is 12.5. The van der Waals surface area contributed by atoms with Gasteiger partial charge in [-0.3, -0.25) is 4.99 Å². The zero-order valence-corrected chi connectivity index (χ0v) is 19.6. The molecule has 2 rings (SSSR count). The van der Waals surface area contributed by atoms with E-state index >= 15 is 0 Å². The average Bonchev–Trinajstić information content (AvgIpc) is 2.75. The number of aliphatic hydroxyl groups excluding tert-OH is 1. The largest absolute Gasteiger partial charge is 0.493 e. The highest BCUT2D eigenvalue weighted by Gasteiger charge is 2.29. The summed E-state index contributed by atoms with van der Waals surface area (Å²) < 4.78 is 47.0. The standard InChI is InChI=1S/C21H26F3N3O3.HI/c1-25-20(27-12-17(13-28)16-6-4-3-5-7-16)26-11-15-8-9-18(19(10-15)29-2)30-14-21(22,23)24;/h3-10,17,28H,11-14H2,1-2H3,(H2,25,26,27);1H. The minimum absolute atomic E-state index is 0. The van der Waals surface area contributed by atoms with Gasteiger partial charge in [0.15, 0.2) is 24.1 Å². The predicted molar refractivity (Wildman–Crippen MR) is 124 cm³/mol. The second-order valence-corrected chi connectivity index (χ2v) is 6.49. The lowest BCUT2D eigenvalue weighted by Crippen LogP contribution is -2.39. The third-order valence-electron chi connectivity index (χ3n) is 4.31. The average molecular weight is 553 g/mol. The number of aliphatic hydroxyl groups is 1. The molecule has 172 valence electrons. The molecule has 0 spiro atoms. The third-order valence-corrected chi connectivity index (χ3v) is 4.31. The minimum atomic E-state index is -4.42. The van der Waals surface area contributed by atoms with Crippen LogP contribution in [0.25, 0.3) is 0 Å². The number of ether oxygens (including phenoxy) is 2. The molecule has 0 amide bonds. The number of alkyl halides is 3. The summed E-state index contributed by atoms with van der Waals surface area (Å²) in [4.78, 5) is 4.15. The van der Waals surface area contributed by atoms with Crippen molar-refractivity contribution in [3.63, 3.8) is 0 Å². The molecule has 31 heavy (non-hydrogen) atoms. The van der Waals surface area contributed by atoms with Crippen molar-refractivity contribution >= 4 is 29.9 Å². The number of rotatable bonds is 9. The summed E-state index contributed by atoms with van der Waals surface area (Å²) in [7, 11) is 2.99. The molecule has 0 bridgehead atoms. The van der Waals surface area contributed by atoms with Crippen molar-refractivity contribution in [3.8, 4) is 11.5 Å². The molecule has 0 saturated carbocycles. The van der Waals surface area contributed by atoms with Gasteiger partial charge >= 0.3 is 6.18 Å². The van der Waals surface area contributed by atoms with Crippen LogP contribution >= 0.6 is 24.0 Å². The molecule has 0 aliphatic carbocycles. The van der Waals surface area contributed by atoms with Gasteiger partial charge in [-0.2, -0.15) is 13.2 Å². The van der Waals surface area contributed by atoms with Gasteiger partial charge in [0.25, 0.3) is 0 Å². The first-order chi connectivity index (χ1) is 14.4. The van der Waals surface area contributed by atoms with Gasteiger partial charge in [0, 0.05) is 26.1 Å². The quantitative estimate of drug-likeness (QED) is 0.251. The summed E-state index contributed by atoms with van der Waals surface area (Å²) in [5, 5.41) is 15.9. The van der Waals surface area contributed by atoms with Crippen molar-refractivity contribution in [1.82, 2.24) is 10.6 Å². The zero-order chi connectivity index (χ0) is 22.0. The molecule has 0 aliphatic heterocycles. The maximum atomic E-state index is 12.4. The maximum Gasteiger partial charge on any atom is 0.422 e. The maximum absolute atomic E-state index is 12.4. The van der Waals surface area contributed by atoms with Crippen molar-refractivity contribution in [2.45, 2.75) is 18.6 Å². The lowest BCUT2D eigenvalue weighted by molar-refractivity contribution is -0.153. The van der Waals surface area contributed by atoms with Gasteiger partial charge in [-0.1, -0.05) is 36.4 Å². The van der Waals surface area contributed by atoms with E-state index < -0.39 is 12.8 Å². The highest BCUT2D eigenvalue weighted by molar-refractivity contribution is 14.0. The van der Waals surface area contributed by atoms with E-state index in [0.717, 1.165) is 11.1 Å². The molecule has 3 N–H and O–H groups in total. The summed E-state index contributed by atoms with van der Waals surface area (Å²) >= 11 is 0.